The van der Waals surface area contributed by atoms with Gasteiger partial charge < -0.3 is 69.8 Å². The smallest absolute Gasteiger partial charge is 0.369 e. The van der Waals surface area contributed by atoms with Gasteiger partial charge in [-0.05, 0) is 101 Å². The van der Waals surface area contributed by atoms with Gasteiger partial charge in [-0.25, -0.2) is 4.79 Å². The zero-order chi connectivity index (χ0) is 63.4. The van der Waals surface area contributed by atoms with E-state index < -0.39 is 168 Å². The number of unbranched alkanes of at least 4 members (excludes halogenated alkanes) is 1. The predicted octanol–water partition coefficient (Wildman–Crippen LogP) is 3.45. The first-order chi connectivity index (χ1) is 40.6. The molecule has 7 atom stereocenters. The molecule has 0 spiro atoms. The molecule has 1 aromatic heterocycles. The number of benzene rings is 3. The first-order valence-electron chi connectivity index (χ1n) is 26.4. The lowest BCUT2D eigenvalue weighted by Crippen LogP contribution is -2.33. The molecule has 0 bridgehead atoms. The molecule has 2 heterocycles. The Balaban J connectivity index is 1.59. The number of anilines is 1. The summed E-state index contributed by atoms with van der Waals surface area (Å²) in [6.45, 7) is 0.620. The molecule has 0 radical (unpaired) electrons. The topological polar surface area (TPSA) is 470 Å². The average molecular weight is 1330 g/mol. The number of ether oxygens (including phenoxy) is 1. The number of rotatable bonds is 35. The van der Waals surface area contributed by atoms with Gasteiger partial charge in [0.15, 0.2) is 0 Å². The molecule has 7 unspecified atom stereocenters. The molecule has 12 N–H and O–H groups in total. The fourth-order valence-corrected chi connectivity index (χ4v) is 17.1. The van der Waals surface area contributed by atoms with E-state index in [1.807, 2.05) is 0 Å². The molecule has 86 heavy (non-hydrogen) atoms. The normalized spacial score (nSPS) is 18.1. The third-order valence-electron chi connectivity index (χ3n) is 11.9. The number of aryl methyl sites for hydroxylation is 2. The first kappa shape index (κ1) is 71.8. The Labute approximate surface area is 497 Å². The highest BCUT2D eigenvalue weighted by Crippen LogP contribution is 2.55. The van der Waals surface area contributed by atoms with Crippen LogP contribution in [0.1, 0.15) is 68.4 Å². The number of aromatic nitrogens is 2. The van der Waals surface area contributed by atoms with Gasteiger partial charge in [0, 0.05) is 63.5 Å². The fourth-order valence-electron chi connectivity index (χ4n) is 7.55. The van der Waals surface area contributed by atoms with Crippen LogP contribution in [0.25, 0.3) is 6.08 Å². The van der Waals surface area contributed by atoms with E-state index in [0.29, 0.717) is 24.0 Å². The highest BCUT2D eigenvalue weighted by Gasteiger charge is 2.44. The number of amides is 2. The minimum Gasteiger partial charge on any atom is -0.396 e. The van der Waals surface area contributed by atoms with Crippen molar-refractivity contribution in [3.8, 4) is 0 Å². The molecule has 2 amide bonds. The molecule has 1 fully saturated rings. The second kappa shape index (κ2) is 33.0. The summed E-state index contributed by atoms with van der Waals surface area (Å²) in [4.78, 5) is 87.4. The zero-order valence-electron chi connectivity index (χ0n) is 47.0. The summed E-state index contributed by atoms with van der Waals surface area (Å²) in [6, 6.07) is 15.3. The van der Waals surface area contributed by atoms with Crippen LogP contribution in [0.3, 0.4) is 0 Å². The quantitative estimate of drug-likeness (QED) is 0.0179. The van der Waals surface area contributed by atoms with E-state index in [-0.39, 0.29) is 50.1 Å². The van der Waals surface area contributed by atoms with Gasteiger partial charge in [-0.1, -0.05) is 54.3 Å². The molecular weight excluding hydrogens is 1260 g/mol. The van der Waals surface area contributed by atoms with Crippen molar-refractivity contribution in [2.75, 3.05) is 71.2 Å². The molecular formula is C49H72N9O22P3S3. The van der Waals surface area contributed by atoms with Gasteiger partial charge in [0.2, 0.25) is 11.8 Å². The minimum atomic E-state index is -5.25. The summed E-state index contributed by atoms with van der Waals surface area (Å²) in [5.74, 6) is -2.12. The van der Waals surface area contributed by atoms with E-state index in [9.17, 15) is 69.3 Å². The molecule has 37 heteroatoms. The lowest BCUT2D eigenvalue weighted by atomic mass is 10.0. The van der Waals surface area contributed by atoms with Crippen LogP contribution < -0.4 is 33.3 Å². The van der Waals surface area contributed by atoms with Crippen LogP contribution in [0.4, 0.5) is 5.69 Å². The van der Waals surface area contributed by atoms with E-state index in [4.69, 9.17) is 43.3 Å². The summed E-state index contributed by atoms with van der Waals surface area (Å²) in [7, 11) is -29.7. The number of carbonyl (C=O) groups excluding carboxylic acids is 2. The molecule has 3 aromatic carbocycles. The largest absolute Gasteiger partial charge is 0.396 e. The SMILES string of the molecule is CC(=O)Nc1ccc(S(=O)(=O)N=P(O)(OCCCO)OCC(CCCCN)COP(O)(=NS(=O)(=O)c2ccc(C)cc2)OCC2OC(n3cc(/C=C/C(=O)NCCN)c(=O)[nH]c3=O)CC2OP(O)(=NS(=O)(=O)c2ccc(C)cc2)OCCCO)cc1. The van der Waals surface area contributed by atoms with Crippen LogP contribution in [0.2, 0.25) is 0 Å². The number of aromatic amines is 1. The van der Waals surface area contributed by atoms with E-state index in [1.165, 1.54) is 67.6 Å². The van der Waals surface area contributed by atoms with Gasteiger partial charge >= 0.3 is 28.9 Å². The van der Waals surface area contributed by atoms with Crippen LogP contribution in [0.15, 0.2) is 122 Å². The predicted molar refractivity (Wildman–Crippen MR) is 315 cm³/mol. The van der Waals surface area contributed by atoms with Gasteiger partial charge in [0.05, 0.1) is 53.3 Å². The number of nitrogens with one attached hydrogen (secondary N) is 3. The van der Waals surface area contributed by atoms with Crippen molar-refractivity contribution in [3.63, 3.8) is 0 Å². The van der Waals surface area contributed by atoms with Crippen molar-refractivity contribution in [1.29, 1.82) is 0 Å². The molecule has 1 aliphatic heterocycles. The van der Waals surface area contributed by atoms with Crippen LogP contribution in [0, 0.1) is 19.8 Å². The van der Waals surface area contributed by atoms with Crippen LogP contribution in [-0.4, -0.2) is 150 Å². The number of aliphatic hydroxyl groups is 2. The van der Waals surface area contributed by atoms with E-state index in [1.54, 1.807) is 13.8 Å². The molecule has 4 aromatic rings. The van der Waals surface area contributed by atoms with Crippen molar-refractivity contribution in [3.05, 3.63) is 123 Å². The average Bonchev–Trinajstić information content (AvgIpc) is 2.80. The maximum absolute atomic E-state index is 14.1. The summed E-state index contributed by atoms with van der Waals surface area (Å²) in [6.07, 6.45) is -1.98. The number of carbonyl (C=O) groups is 2. The molecule has 31 nitrogen and oxygen atoms in total. The van der Waals surface area contributed by atoms with Crippen molar-refractivity contribution >= 4 is 76.9 Å². The molecule has 0 saturated carbocycles. The highest BCUT2D eigenvalue weighted by atomic mass is 32.2. The number of sulfonamides is 3. The molecule has 478 valence electrons. The monoisotopic (exact) mass is 1330 g/mol. The van der Waals surface area contributed by atoms with E-state index in [2.05, 4.69) is 28.1 Å². The maximum Gasteiger partial charge on any atom is 0.369 e. The van der Waals surface area contributed by atoms with Crippen LogP contribution in [0.5, 0.6) is 0 Å². The third kappa shape index (κ3) is 22.5. The lowest BCUT2D eigenvalue weighted by molar-refractivity contribution is -0.116. The number of aliphatic hydroxyl groups excluding tert-OH is 2. The zero-order valence-corrected chi connectivity index (χ0v) is 52.1. The Kier molecular flexibility index (Phi) is 27.5. The number of hydrogen-bond donors (Lipinski definition) is 10. The van der Waals surface area contributed by atoms with E-state index in [0.717, 1.165) is 35.0 Å². The first-order valence-corrected chi connectivity index (χ1v) is 35.3. The number of nitrogens with zero attached hydrogens (tertiary/aromatic N) is 4. The number of nitrogens with two attached hydrogens (primary N) is 2. The minimum absolute atomic E-state index is 0.0657. The summed E-state index contributed by atoms with van der Waals surface area (Å²) < 4.78 is 136. The summed E-state index contributed by atoms with van der Waals surface area (Å²) in [5.41, 5.74) is 10.5. The number of H-pyrrole nitrogens is 1. The summed E-state index contributed by atoms with van der Waals surface area (Å²) >= 11 is 0. The maximum atomic E-state index is 14.1. The highest BCUT2D eigenvalue weighted by molar-refractivity contribution is 7.93. The Bertz CT molecular complexity index is 3610. The number of hydrogen-bond acceptors (Lipinski definition) is 21. The Morgan fingerprint density at radius 1 is 0.733 bits per heavy atom. The van der Waals surface area contributed by atoms with Gasteiger partial charge in [0.25, 0.3) is 35.6 Å². The second-order valence-corrected chi connectivity index (χ2v) is 29.7. The van der Waals surface area contributed by atoms with Gasteiger partial charge in [-0.2, -0.15) is 25.3 Å². The van der Waals surface area contributed by atoms with Crippen molar-refractivity contribution in [2.24, 2.45) is 29.8 Å². The van der Waals surface area contributed by atoms with Gasteiger partial charge in [0.1, 0.15) is 18.4 Å². The summed E-state index contributed by atoms with van der Waals surface area (Å²) in [5, 5.41) is 24.0. The Morgan fingerprint density at radius 2 is 1.23 bits per heavy atom. The van der Waals surface area contributed by atoms with Crippen molar-refractivity contribution < 1.29 is 91.6 Å². The second-order valence-electron chi connectivity index (χ2n) is 19.0. The lowest BCUT2D eigenvalue weighted by Gasteiger charge is -2.27. The molecule has 1 saturated heterocycles. The fraction of sp³-hybridized carbons (Fsp3) is 0.469. The van der Waals surface area contributed by atoms with E-state index >= 15 is 0 Å². The third-order valence-corrected chi connectivity index (χ3v) is 22.6. The molecule has 0 aliphatic carbocycles. The van der Waals surface area contributed by atoms with Crippen molar-refractivity contribution in [2.45, 2.75) is 92.4 Å². The standard InChI is InChI=1S/C49H72N9O22P3S3/c1-35-9-16-41(17-10-35)84(68,69)56-82(66,77-33-38(8-4-5-23-50)32-76-81(65,74-28-6-26-59)55-85(70,71)43-20-14-40(15-21-43)53-37(3)61)78-34-45-44(80-83(67,75-29-7-27-60)57-86(72,73)42-18-11-36(2)12-19-42)30-47(79-45)58-31-39(48(63)54-49(58)64)13-22-46(62)52-25-24-51/h9-22,31,38,44-45,47,59-60,65-67H,4-8,23-30,32-34,50-51H2,1-3H3,(H,52,62)(H,53,61)(H,54,63,64)/b22-13+. The Morgan fingerprint density at radius 3 is 1.73 bits per heavy atom. The molecule has 5 rings (SSSR count). The van der Waals surface area contributed by atoms with Crippen molar-refractivity contribution in [1.82, 2.24) is 14.9 Å². The van der Waals surface area contributed by atoms with Gasteiger partial charge in [-0.3, -0.25) is 33.0 Å². The van der Waals surface area contributed by atoms with Gasteiger partial charge in [-0.15, -0.1) is 0 Å². The Hall–Kier alpha value is -5.00. The van der Waals surface area contributed by atoms with Crippen LogP contribution in [-0.2, 0) is 71.5 Å². The van der Waals surface area contributed by atoms with Crippen LogP contribution >= 0.6 is 23.2 Å². The molecule has 1 aliphatic rings.